The van der Waals surface area contributed by atoms with E-state index in [1.54, 1.807) is 0 Å². The van der Waals surface area contributed by atoms with Crippen molar-refractivity contribution in [1.82, 2.24) is 16.0 Å². The molecule has 0 aromatic heterocycles. The Morgan fingerprint density at radius 3 is 2.24 bits per heavy atom. The number of ether oxygens (including phenoxy) is 1. The summed E-state index contributed by atoms with van der Waals surface area (Å²) < 4.78 is 5.85. The molecule has 2 unspecified atom stereocenters. The van der Waals surface area contributed by atoms with Crippen LogP contribution in [-0.2, 0) is 19.1 Å². The minimum Gasteiger partial charge on any atom is -0.480 e. The van der Waals surface area contributed by atoms with Gasteiger partial charge in [0.05, 0.1) is 0 Å². The highest BCUT2D eigenvalue weighted by atomic mass is 16.6. The van der Waals surface area contributed by atoms with Crippen molar-refractivity contribution in [2.75, 3.05) is 6.54 Å². The number of aliphatic carboxylic acids is 1. The van der Waals surface area contributed by atoms with Gasteiger partial charge in [-0.1, -0.05) is 83.2 Å². The van der Waals surface area contributed by atoms with Gasteiger partial charge in [-0.15, -0.1) is 0 Å². The maximum atomic E-state index is 13.3. The molecule has 37 heavy (non-hydrogen) atoms. The number of carbonyl (C=O) groups excluding carboxylic acids is 3. The van der Waals surface area contributed by atoms with Gasteiger partial charge in [0.1, 0.15) is 18.2 Å². The van der Waals surface area contributed by atoms with Gasteiger partial charge in [-0.3, -0.25) is 9.59 Å². The lowest BCUT2D eigenvalue weighted by Gasteiger charge is -2.32. The van der Waals surface area contributed by atoms with Crippen molar-refractivity contribution >= 4 is 23.9 Å². The average molecular weight is 516 g/mol. The summed E-state index contributed by atoms with van der Waals surface area (Å²) in [5.41, 5.74) is 0.454. The predicted octanol–water partition coefficient (Wildman–Crippen LogP) is 3.93. The summed E-state index contributed by atoms with van der Waals surface area (Å²) in [5.74, 6) is -2.19. The van der Waals surface area contributed by atoms with Crippen molar-refractivity contribution in [1.29, 1.82) is 0 Å². The van der Waals surface area contributed by atoms with Crippen LogP contribution in [0.5, 0.6) is 0 Å². The quantitative estimate of drug-likeness (QED) is 0.373. The van der Waals surface area contributed by atoms with E-state index in [1.807, 2.05) is 51.1 Å². The van der Waals surface area contributed by atoms with Crippen LogP contribution in [0.2, 0.25) is 0 Å². The number of rotatable bonds is 10. The molecule has 0 spiro atoms. The lowest BCUT2D eigenvalue weighted by atomic mass is 9.84. The van der Waals surface area contributed by atoms with E-state index in [9.17, 15) is 24.3 Å². The van der Waals surface area contributed by atoms with Gasteiger partial charge < -0.3 is 25.8 Å². The van der Waals surface area contributed by atoms with Gasteiger partial charge in [-0.25, -0.2) is 9.59 Å². The first kappa shape index (κ1) is 28.5. The highest BCUT2D eigenvalue weighted by molar-refractivity contribution is 5.90. The summed E-state index contributed by atoms with van der Waals surface area (Å²) >= 11 is 0. The van der Waals surface area contributed by atoms with Crippen LogP contribution in [0.4, 0.5) is 4.79 Å². The van der Waals surface area contributed by atoms with Crippen LogP contribution in [0.15, 0.2) is 30.3 Å². The van der Waals surface area contributed by atoms with Crippen LogP contribution in [0.25, 0.3) is 0 Å². The third kappa shape index (κ3) is 8.47. The molecule has 3 amide bonds. The molecule has 2 fully saturated rings. The van der Waals surface area contributed by atoms with Crippen LogP contribution in [0.1, 0.15) is 83.8 Å². The van der Waals surface area contributed by atoms with Gasteiger partial charge in [0.2, 0.25) is 11.8 Å². The number of carbonyl (C=O) groups is 4. The lowest BCUT2D eigenvalue weighted by molar-refractivity contribution is -0.143. The Bertz CT molecular complexity index is 939. The first-order valence-electron chi connectivity index (χ1n) is 13.4. The monoisotopic (exact) mass is 515 g/mol. The van der Waals surface area contributed by atoms with E-state index >= 15 is 0 Å². The van der Waals surface area contributed by atoms with Crippen molar-refractivity contribution in [2.45, 2.75) is 90.3 Å². The molecule has 1 aromatic carbocycles. The molecule has 1 saturated carbocycles. The topological polar surface area (TPSA) is 134 Å². The molecule has 2 aliphatic rings. The van der Waals surface area contributed by atoms with Gasteiger partial charge >= 0.3 is 12.1 Å². The van der Waals surface area contributed by atoms with E-state index in [-0.39, 0.29) is 18.2 Å². The minimum atomic E-state index is -1.22. The maximum Gasteiger partial charge on any atom is 0.408 e. The SMILES string of the molecule is CC(C)(C)C(OC(=O)N[C@@H](CC1CCCCC1)C(=O)N[C@@H](CC1CCNC1=O)C(=O)O)c1ccccc1. The van der Waals surface area contributed by atoms with Crippen molar-refractivity contribution < 1.29 is 29.0 Å². The number of hydrogen-bond acceptors (Lipinski definition) is 5. The summed E-state index contributed by atoms with van der Waals surface area (Å²) in [6, 6.07) is 7.28. The maximum absolute atomic E-state index is 13.3. The van der Waals surface area contributed by atoms with Crippen molar-refractivity contribution in [3.8, 4) is 0 Å². The summed E-state index contributed by atoms with van der Waals surface area (Å²) in [4.78, 5) is 50.3. The number of hydrogen-bond donors (Lipinski definition) is 4. The van der Waals surface area contributed by atoms with E-state index < -0.39 is 47.5 Å². The fraction of sp³-hybridized carbons (Fsp3) is 0.643. The van der Waals surface area contributed by atoms with Crippen molar-refractivity contribution in [3.05, 3.63) is 35.9 Å². The van der Waals surface area contributed by atoms with Crippen LogP contribution in [-0.4, -0.2) is 47.6 Å². The highest BCUT2D eigenvalue weighted by Gasteiger charge is 2.35. The molecular weight excluding hydrogens is 474 g/mol. The second-order valence-corrected chi connectivity index (χ2v) is 11.4. The third-order valence-electron chi connectivity index (χ3n) is 7.31. The molecule has 4 atom stereocenters. The van der Waals surface area contributed by atoms with Gasteiger partial charge in [-0.05, 0) is 30.7 Å². The predicted molar refractivity (Wildman–Crippen MR) is 139 cm³/mol. The van der Waals surface area contributed by atoms with Gasteiger partial charge in [0.25, 0.3) is 0 Å². The Balaban J connectivity index is 1.72. The molecule has 1 saturated heterocycles. The van der Waals surface area contributed by atoms with Gasteiger partial charge in [0.15, 0.2) is 0 Å². The number of nitrogens with one attached hydrogen (secondary N) is 3. The Morgan fingerprint density at radius 2 is 1.68 bits per heavy atom. The molecule has 204 valence electrons. The first-order valence-corrected chi connectivity index (χ1v) is 13.4. The molecule has 0 bridgehead atoms. The zero-order valence-electron chi connectivity index (χ0n) is 22.1. The molecule has 0 radical (unpaired) electrons. The molecule has 1 aliphatic carbocycles. The first-order chi connectivity index (χ1) is 17.5. The van der Waals surface area contributed by atoms with E-state index in [4.69, 9.17) is 4.74 Å². The van der Waals surface area contributed by atoms with E-state index in [0.29, 0.717) is 19.4 Å². The number of benzene rings is 1. The fourth-order valence-corrected chi connectivity index (χ4v) is 5.29. The Morgan fingerprint density at radius 1 is 1.00 bits per heavy atom. The largest absolute Gasteiger partial charge is 0.480 e. The minimum absolute atomic E-state index is 0.00755. The lowest BCUT2D eigenvalue weighted by Crippen LogP contribution is -2.53. The van der Waals surface area contributed by atoms with Gasteiger partial charge in [0, 0.05) is 17.9 Å². The van der Waals surface area contributed by atoms with Crippen LogP contribution >= 0.6 is 0 Å². The number of amides is 3. The van der Waals surface area contributed by atoms with E-state index in [1.165, 1.54) is 0 Å². The summed E-state index contributed by atoms with van der Waals surface area (Å²) in [6.45, 7) is 6.42. The molecule has 1 heterocycles. The second kappa shape index (κ2) is 12.9. The third-order valence-corrected chi connectivity index (χ3v) is 7.31. The Labute approximate surface area is 219 Å². The number of carboxylic acids is 1. The standard InChI is InChI=1S/C28H41N3O6/c1-28(2,3)23(19-12-8-5-9-13-19)37-27(36)31-21(16-18-10-6-4-7-11-18)25(33)30-22(26(34)35)17-20-14-15-29-24(20)32/h5,8-9,12-13,18,20-23H,4,6-7,10-11,14-17H2,1-3H3,(H,29,32)(H,30,33)(H,31,36)(H,34,35)/t20?,21-,22-,23?/m0/s1. The second-order valence-electron chi connectivity index (χ2n) is 11.4. The van der Waals surface area contributed by atoms with Crippen LogP contribution in [0.3, 0.4) is 0 Å². The summed E-state index contributed by atoms with van der Waals surface area (Å²) in [5, 5.41) is 17.7. The Hall–Kier alpha value is -3.10. The van der Waals surface area contributed by atoms with Gasteiger partial charge in [-0.2, -0.15) is 0 Å². The van der Waals surface area contributed by atoms with Crippen molar-refractivity contribution in [2.24, 2.45) is 17.3 Å². The van der Waals surface area contributed by atoms with Crippen LogP contribution < -0.4 is 16.0 Å². The van der Waals surface area contributed by atoms with Crippen LogP contribution in [0, 0.1) is 17.3 Å². The molecule has 3 rings (SSSR count). The van der Waals surface area contributed by atoms with Crippen molar-refractivity contribution in [3.63, 3.8) is 0 Å². The zero-order chi connectivity index (χ0) is 27.0. The number of alkyl carbamates (subject to hydrolysis) is 1. The number of carboxylic acid groups (broad SMARTS) is 1. The summed E-state index contributed by atoms with van der Waals surface area (Å²) in [7, 11) is 0. The molecule has 4 N–H and O–H groups in total. The smallest absolute Gasteiger partial charge is 0.408 e. The molecular formula is C28H41N3O6. The molecule has 9 heteroatoms. The fourth-order valence-electron chi connectivity index (χ4n) is 5.29. The van der Waals surface area contributed by atoms with E-state index in [0.717, 1.165) is 37.7 Å². The molecule has 9 nitrogen and oxygen atoms in total. The molecule has 1 aromatic rings. The zero-order valence-corrected chi connectivity index (χ0v) is 22.1. The highest BCUT2D eigenvalue weighted by Crippen LogP contribution is 2.36. The average Bonchev–Trinajstić information content (AvgIpc) is 3.26. The molecule has 1 aliphatic heterocycles. The normalized spacial score (nSPS) is 20.8. The summed E-state index contributed by atoms with van der Waals surface area (Å²) in [6.07, 6.45) is 4.88. The van der Waals surface area contributed by atoms with E-state index in [2.05, 4.69) is 16.0 Å². The Kier molecular flexibility index (Phi) is 9.94.